The van der Waals surface area contributed by atoms with Gasteiger partial charge < -0.3 is 15.3 Å². The number of benzene rings is 1. The Morgan fingerprint density at radius 1 is 1.05 bits per heavy atom. The fourth-order valence-electron chi connectivity index (χ4n) is 7.60. The summed E-state index contributed by atoms with van der Waals surface area (Å²) < 4.78 is 66.2. The lowest BCUT2D eigenvalue weighted by atomic mass is 9.52. The van der Waals surface area contributed by atoms with Gasteiger partial charge in [0.1, 0.15) is 11.5 Å². The maximum Gasteiger partial charge on any atom is 0.416 e. The first kappa shape index (κ1) is 27.5. The minimum Gasteiger partial charge on any atom is -0.390 e. The third-order valence-electron chi connectivity index (χ3n) is 9.21. The van der Waals surface area contributed by atoms with Gasteiger partial charge in [-0.3, -0.25) is 4.79 Å². The highest BCUT2D eigenvalue weighted by Gasteiger charge is 2.55. The molecule has 1 saturated heterocycles. The van der Waals surface area contributed by atoms with Gasteiger partial charge in [-0.15, -0.1) is 0 Å². The van der Waals surface area contributed by atoms with Crippen LogP contribution in [0.5, 0.6) is 0 Å². The van der Waals surface area contributed by atoms with Crippen molar-refractivity contribution in [1.82, 2.24) is 14.6 Å². The van der Waals surface area contributed by atoms with Crippen molar-refractivity contribution >= 4 is 21.7 Å². The third kappa shape index (κ3) is 4.98. The number of halogens is 3. The van der Waals surface area contributed by atoms with E-state index in [-0.39, 0.29) is 53.5 Å². The van der Waals surface area contributed by atoms with Crippen molar-refractivity contribution < 1.29 is 31.5 Å². The molecule has 2 N–H and O–H groups in total. The number of carbonyl (C=O) groups excluding carboxylic acids is 1. The predicted octanol–water partition coefficient (Wildman–Crippen LogP) is 3.67. The molecule has 4 aliphatic carbocycles. The van der Waals surface area contributed by atoms with Crippen LogP contribution in [0.25, 0.3) is 0 Å². The number of anilines is 1. The Bertz CT molecular complexity index is 1390. The zero-order valence-corrected chi connectivity index (χ0v) is 23.0. The number of hydrogen-bond acceptors (Lipinski definition) is 6. The molecule has 5 fully saturated rings. The van der Waals surface area contributed by atoms with Crippen molar-refractivity contribution in [2.45, 2.75) is 67.8 Å². The van der Waals surface area contributed by atoms with Crippen LogP contribution in [0.2, 0.25) is 0 Å². The smallest absolute Gasteiger partial charge is 0.390 e. The quantitative estimate of drug-likeness (QED) is 0.562. The Hall–Kier alpha value is -2.70. The lowest BCUT2D eigenvalue weighted by molar-refractivity contribution is -0.137. The van der Waals surface area contributed by atoms with Gasteiger partial charge in [-0.05, 0) is 93.2 Å². The second kappa shape index (κ2) is 9.70. The number of nitrogens with zero attached hydrogens (tertiary/aromatic N) is 3. The molecule has 0 radical (unpaired) electrons. The maximum atomic E-state index is 13.2. The van der Waals surface area contributed by atoms with E-state index in [1.807, 2.05) is 11.8 Å². The second-order valence-corrected chi connectivity index (χ2v) is 13.9. The number of sulfonamides is 1. The first-order valence-electron chi connectivity index (χ1n) is 13.8. The molecule has 0 spiro atoms. The molecule has 2 unspecified atom stereocenters. The van der Waals surface area contributed by atoms with E-state index in [2.05, 4.69) is 10.3 Å². The van der Waals surface area contributed by atoms with Gasteiger partial charge in [0.2, 0.25) is 10.0 Å². The molecule has 216 valence electrons. The van der Waals surface area contributed by atoms with E-state index in [0.29, 0.717) is 18.3 Å². The third-order valence-corrected chi connectivity index (χ3v) is 11.1. The van der Waals surface area contributed by atoms with Crippen molar-refractivity contribution in [1.29, 1.82) is 0 Å². The lowest BCUT2D eigenvalue weighted by Gasteiger charge is -2.58. The predicted molar refractivity (Wildman–Crippen MR) is 141 cm³/mol. The molecule has 1 aromatic carbocycles. The average Bonchev–Trinajstić information content (AvgIpc) is 2.89. The first-order valence-corrected chi connectivity index (χ1v) is 15.2. The van der Waals surface area contributed by atoms with Crippen LogP contribution in [0, 0.1) is 17.8 Å². The largest absolute Gasteiger partial charge is 0.416 e. The monoisotopic (exact) mass is 578 g/mol. The number of nitrogens with one attached hydrogen (secondary N) is 1. The summed E-state index contributed by atoms with van der Waals surface area (Å²) in [6.07, 6.45) is -0.131. The SMILES string of the molecule is C[C@@H]1CN(S(=O)(=O)c2ccc(C(F)(F)F)cc2)CCN1c1cccc(C(=O)N[C@H]2C3CC4CC2C[C@](O)(C4)C3)n1. The number of amides is 1. The van der Waals surface area contributed by atoms with Crippen molar-refractivity contribution in [2.75, 3.05) is 24.5 Å². The number of alkyl halides is 3. The van der Waals surface area contributed by atoms with Gasteiger partial charge >= 0.3 is 6.18 Å². The molecule has 7 rings (SSSR count). The standard InChI is InChI=1S/C28H33F3N4O4S/c1-17-16-34(40(38,39)22-7-5-21(6-8-22)28(29,30)31)9-10-35(17)24-4-2-3-23(32-24)26(36)33-25-19-11-18-12-20(25)15-27(37,13-18)14-19/h2-8,17-20,25,37H,9-16H2,1H3,(H,33,36)/t17-,18?,19?,20?,25-,27-/m1/s1. The molecule has 1 amide bonds. The Morgan fingerprint density at radius 3 is 2.33 bits per heavy atom. The molecule has 8 nitrogen and oxygen atoms in total. The van der Waals surface area contributed by atoms with Crippen LogP contribution in [0.15, 0.2) is 47.4 Å². The number of carbonyl (C=O) groups is 1. The van der Waals surface area contributed by atoms with E-state index in [1.54, 1.807) is 18.2 Å². The molecule has 40 heavy (non-hydrogen) atoms. The molecule has 4 bridgehead atoms. The topological polar surface area (TPSA) is 103 Å². The minimum absolute atomic E-state index is 0.0349. The molecule has 1 aromatic heterocycles. The van der Waals surface area contributed by atoms with Crippen molar-refractivity contribution in [3.05, 3.63) is 53.7 Å². The van der Waals surface area contributed by atoms with Gasteiger partial charge in [0.05, 0.1) is 16.1 Å². The van der Waals surface area contributed by atoms with E-state index in [1.165, 1.54) is 4.31 Å². The van der Waals surface area contributed by atoms with Crippen LogP contribution in [-0.2, 0) is 16.2 Å². The molecule has 3 atom stereocenters. The van der Waals surface area contributed by atoms with E-state index in [4.69, 9.17) is 0 Å². The number of pyridine rings is 1. The summed E-state index contributed by atoms with van der Waals surface area (Å²) in [5.41, 5.74) is -1.19. The summed E-state index contributed by atoms with van der Waals surface area (Å²) >= 11 is 0. The first-order chi connectivity index (χ1) is 18.8. The maximum absolute atomic E-state index is 13.2. The Labute approximate surface area is 231 Å². The highest BCUT2D eigenvalue weighted by Crippen LogP contribution is 2.55. The number of hydrogen-bond donors (Lipinski definition) is 2. The number of aliphatic hydroxyl groups is 1. The molecule has 4 saturated carbocycles. The van der Waals surface area contributed by atoms with Gasteiger partial charge in [-0.2, -0.15) is 17.5 Å². The van der Waals surface area contributed by atoms with Crippen LogP contribution in [0.4, 0.5) is 19.0 Å². The highest BCUT2D eigenvalue weighted by atomic mass is 32.2. The van der Waals surface area contributed by atoms with Gasteiger partial charge in [0.25, 0.3) is 5.91 Å². The van der Waals surface area contributed by atoms with Crippen LogP contribution in [-0.4, -0.2) is 66.0 Å². The Balaban J connectivity index is 1.12. The molecule has 5 aliphatic rings. The summed E-state index contributed by atoms with van der Waals surface area (Å²) in [5.74, 6) is 1.42. The number of aromatic nitrogens is 1. The lowest BCUT2D eigenvalue weighted by Crippen LogP contribution is -2.61. The van der Waals surface area contributed by atoms with Crippen molar-refractivity contribution in [2.24, 2.45) is 17.8 Å². The molecule has 1 aliphatic heterocycles. The zero-order valence-electron chi connectivity index (χ0n) is 22.1. The Kier molecular flexibility index (Phi) is 6.66. The summed E-state index contributed by atoms with van der Waals surface area (Å²) in [5, 5.41) is 14.0. The molecule has 2 aromatic rings. The van der Waals surface area contributed by atoms with E-state index < -0.39 is 27.4 Å². The van der Waals surface area contributed by atoms with Crippen molar-refractivity contribution in [3.8, 4) is 0 Å². The van der Waals surface area contributed by atoms with E-state index in [9.17, 15) is 31.5 Å². The average molecular weight is 579 g/mol. The summed E-state index contributed by atoms with van der Waals surface area (Å²) in [6, 6.07) is 8.49. The van der Waals surface area contributed by atoms with Crippen LogP contribution in [0.3, 0.4) is 0 Å². The fourth-order valence-corrected chi connectivity index (χ4v) is 9.11. The number of piperazine rings is 1. The fraction of sp³-hybridized carbons (Fsp3) is 0.571. The minimum atomic E-state index is -4.54. The van der Waals surface area contributed by atoms with Gasteiger partial charge in [-0.1, -0.05) is 6.07 Å². The second-order valence-electron chi connectivity index (χ2n) is 12.0. The van der Waals surface area contributed by atoms with Crippen LogP contribution < -0.4 is 10.2 Å². The molecular formula is C28H33F3N4O4S. The van der Waals surface area contributed by atoms with Crippen LogP contribution >= 0.6 is 0 Å². The van der Waals surface area contributed by atoms with Gasteiger partial charge in [-0.25, -0.2) is 13.4 Å². The zero-order chi connectivity index (χ0) is 28.4. The summed E-state index contributed by atoms with van der Waals surface area (Å²) in [4.78, 5) is 19.6. The van der Waals surface area contributed by atoms with Gasteiger partial charge in [0, 0.05) is 31.7 Å². The summed E-state index contributed by atoms with van der Waals surface area (Å²) in [6.45, 7) is 2.41. The van der Waals surface area contributed by atoms with Gasteiger partial charge in [0.15, 0.2) is 0 Å². The van der Waals surface area contributed by atoms with E-state index >= 15 is 0 Å². The number of rotatable bonds is 5. The van der Waals surface area contributed by atoms with E-state index in [0.717, 1.165) is 56.4 Å². The Morgan fingerprint density at radius 2 is 1.73 bits per heavy atom. The normalized spacial score (nSPS) is 32.3. The molecule has 12 heteroatoms. The summed E-state index contributed by atoms with van der Waals surface area (Å²) in [7, 11) is -3.98. The molecule has 2 heterocycles. The highest BCUT2D eigenvalue weighted by molar-refractivity contribution is 7.89. The van der Waals surface area contributed by atoms with Crippen molar-refractivity contribution in [3.63, 3.8) is 0 Å². The van der Waals surface area contributed by atoms with Crippen LogP contribution in [0.1, 0.15) is 55.1 Å². The molecular weight excluding hydrogens is 545 g/mol.